The van der Waals surface area contributed by atoms with Crippen molar-refractivity contribution in [3.63, 3.8) is 0 Å². The quantitative estimate of drug-likeness (QED) is 0.828. The first-order chi connectivity index (χ1) is 7.13. The molecule has 2 N–H and O–H groups in total. The smallest absolute Gasteiger partial charge is 0.321 e. The lowest BCUT2D eigenvalue weighted by Crippen LogP contribution is -2.43. The predicted octanol–water partition coefficient (Wildman–Crippen LogP) is 1.99. The van der Waals surface area contributed by atoms with Crippen LogP contribution >= 0.6 is 11.3 Å². The van der Waals surface area contributed by atoms with Crippen molar-refractivity contribution in [2.24, 2.45) is 0 Å². The van der Waals surface area contributed by atoms with Crippen LogP contribution in [0.1, 0.15) is 29.9 Å². The van der Waals surface area contributed by atoms with E-state index in [0.29, 0.717) is 4.88 Å². The van der Waals surface area contributed by atoms with Crippen molar-refractivity contribution in [1.82, 2.24) is 10.6 Å². The van der Waals surface area contributed by atoms with Crippen LogP contribution in [0.25, 0.3) is 0 Å². The Hall–Kier alpha value is -1.36. The zero-order valence-corrected chi connectivity index (χ0v) is 9.56. The number of carbonyl (C=O) groups is 2. The Labute approximate surface area is 92.7 Å². The van der Waals surface area contributed by atoms with Crippen LogP contribution in [0.15, 0.2) is 17.5 Å². The molecule has 5 heteroatoms. The summed E-state index contributed by atoms with van der Waals surface area (Å²) in [4.78, 5) is 23.2. The molecule has 1 rings (SSSR count). The molecule has 0 fully saturated rings. The summed E-state index contributed by atoms with van der Waals surface area (Å²) < 4.78 is 0. The summed E-state index contributed by atoms with van der Waals surface area (Å²) in [6, 6.07) is 3.08. The Balaban J connectivity index is 2.42. The molecule has 3 amide bonds. The molecule has 0 aliphatic carbocycles. The summed E-state index contributed by atoms with van der Waals surface area (Å²) in [5, 5.41) is 6.72. The second kappa shape index (κ2) is 5.50. The van der Waals surface area contributed by atoms with Crippen molar-refractivity contribution in [1.29, 1.82) is 0 Å². The van der Waals surface area contributed by atoms with Crippen molar-refractivity contribution < 1.29 is 9.59 Å². The Morgan fingerprint density at radius 3 is 2.80 bits per heavy atom. The second-order valence-electron chi connectivity index (χ2n) is 3.21. The highest BCUT2D eigenvalue weighted by Crippen LogP contribution is 2.07. The lowest BCUT2D eigenvalue weighted by Gasteiger charge is -2.11. The second-order valence-corrected chi connectivity index (χ2v) is 4.16. The fourth-order valence-corrected chi connectivity index (χ4v) is 1.55. The maximum atomic E-state index is 11.4. The average molecular weight is 226 g/mol. The van der Waals surface area contributed by atoms with Gasteiger partial charge in [-0.3, -0.25) is 10.1 Å². The molecule has 0 saturated heterocycles. The fraction of sp³-hybridized carbons (Fsp3) is 0.400. The molecule has 0 bridgehead atoms. The topological polar surface area (TPSA) is 58.2 Å². The number of thiophene rings is 1. The summed E-state index contributed by atoms with van der Waals surface area (Å²) in [5.74, 6) is -0.356. The summed E-state index contributed by atoms with van der Waals surface area (Å²) in [6.07, 6.45) is 0.834. The highest BCUT2D eigenvalue weighted by Gasteiger charge is 2.11. The van der Waals surface area contributed by atoms with Crippen molar-refractivity contribution >= 4 is 23.3 Å². The van der Waals surface area contributed by atoms with Crippen LogP contribution in [0.5, 0.6) is 0 Å². The largest absolute Gasteiger partial charge is 0.335 e. The Morgan fingerprint density at radius 2 is 2.27 bits per heavy atom. The maximum absolute atomic E-state index is 11.4. The number of nitrogens with one attached hydrogen (secondary N) is 2. The van der Waals surface area contributed by atoms with Gasteiger partial charge in [-0.15, -0.1) is 11.3 Å². The molecule has 0 aromatic carbocycles. The molecule has 1 unspecified atom stereocenters. The third-order valence-corrected chi connectivity index (χ3v) is 2.83. The molecule has 0 saturated carbocycles. The number of rotatable bonds is 3. The number of hydrogen-bond donors (Lipinski definition) is 2. The summed E-state index contributed by atoms with van der Waals surface area (Å²) in [5.41, 5.74) is 0. The van der Waals surface area contributed by atoms with Crippen molar-refractivity contribution in [3.05, 3.63) is 22.4 Å². The van der Waals surface area contributed by atoms with Gasteiger partial charge >= 0.3 is 6.03 Å². The standard InChI is InChI=1S/C10H14N2O2S/c1-3-7(2)11-10(14)12-9(13)8-5-4-6-15-8/h4-7H,3H2,1-2H3,(H2,11,12,13,14). The lowest BCUT2D eigenvalue weighted by atomic mass is 10.3. The van der Waals surface area contributed by atoms with Crippen LogP contribution in [0.2, 0.25) is 0 Å². The number of imide groups is 1. The van der Waals surface area contributed by atoms with Gasteiger partial charge in [0.15, 0.2) is 0 Å². The van der Waals surface area contributed by atoms with E-state index in [1.54, 1.807) is 17.5 Å². The van der Waals surface area contributed by atoms with Gasteiger partial charge in [0.25, 0.3) is 5.91 Å². The first-order valence-electron chi connectivity index (χ1n) is 4.78. The molecule has 0 radical (unpaired) electrons. The third kappa shape index (κ3) is 3.71. The van der Waals surface area contributed by atoms with Crippen LogP contribution in [-0.4, -0.2) is 18.0 Å². The summed E-state index contributed by atoms with van der Waals surface area (Å²) in [7, 11) is 0. The average Bonchev–Trinajstić information content (AvgIpc) is 2.70. The Kier molecular flexibility index (Phi) is 4.30. The van der Waals surface area contributed by atoms with Gasteiger partial charge in [0, 0.05) is 6.04 Å². The van der Waals surface area contributed by atoms with Gasteiger partial charge in [-0.05, 0) is 24.8 Å². The molecular formula is C10H14N2O2S. The number of hydrogen-bond acceptors (Lipinski definition) is 3. The van der Waals surface area contributed by atoms with Gasteiger partial charge in [0.2, 0.25) is 0 Å². The van der Waals surface area contributed by atoms with Crippen LogP contribution < -0.4 is 10.6 Å². The summed E-state index contributed by atoms with van der Waals surface area (Å²) in [6.45, 7) is 3.85. The third-order valence-electron chi connectivity index (χ3n) is 1.96. The minimum atomic E-state index is -0.442. The van der Waals surface area contributed by atoms with Gasteiger partial charge in [0.05, 0.1) is 4.88 Å². The van der Waals surface area contributed by atoms with Crippen molar-refractivity contribution in [2.45, 2.75) is 26.3 Å². The van der Waals surface area contributed by atoms with E-state index in [-0.39, 0.29) is 11.9 Å². The molecule has 15 heavy (non-hydrogen) atoms. The van der Waals surface area contributed by atoms with Gasteiger partial charge in [-0.1, -0.05) is 13.0 Å². The van der Waals surface area contributed by atoms with E-state index in [9.17, 15) is 9.59 Å². The minimum absolute atomic E-state index is 0.0705. The normalized spacial score (nSPS) is 11.9. The van der Waals surface area contributed by atoms with E-state index in [4.69, 9.17) is 0 Å². The van der Waals surface area contributed by atoms with Gasteiger partial charge in [-0.25, -0.2) is 4.79 Å². The monoisotopic (exact) mass is 226 g/mol. The van der Waals surface area contributed by atoms with E-state index >= 15 is 0 Å². The highest BCUT2D eigenvalue weighted by atomic mass is 32.1. The molecule has 1 heterocycles. The van der Waals surface area contributed by atoms with E-state index in [0.717, 1.165) is 6.42 Å². The van der Waals surface area contributed by atoms with E-state index in [1.807, 2.05) is 13.8 Å². The molecule has 82 valence electrons. The Bertz CT molecular complexity index is 335. The van der Waals surface area contributed by atoms with Crippen LogP contribution in [0.3, 0.4) is 0 Å². The first-order valence-corrected chi connectivity index (χ1v) is 5.66. The fourth-order valence-electron chi connectivity index (χ4n) is 0.934. The van der Waals surface area contributed by atoms with Crippen molar-refractivity contribution in [2.75, 3.05) is 0 Å². The molecule has 1 atom stereocenters. The zero-order chi connectivity index (χ0) is 11.3. The van der Waals surface area contributed by atoms with Crippen LogP contribution in [0.4, 0.5) is 4.79 Å². The highest BCUT2D eigenvalue weighted by molar-refractivity contribution is 7.12. The number of amides is 3. The minimum Gasteiger partial charge on any atom is -0.335 e. The lowest BCUT2D eigenvalue weighted by molar-refractivity contribution is 0.0967. The molecular weight excluding hydrogens is 212 g/mol. The van der Waals surface area contributed by atoms with E-state index in [1.165, 1.54) is 11.3 Å². The molecule has 0 spiro atoms. The zero-order valence-electron chi connectivity index (χ0n) is 8.74. The Morgan fingerprint density at radius 1 is 1.53 bits per heavy atom. The van der Waals surface area contributed by atoms with Crippen LogP contribution in [-0.2, 0) is 0 Å². The molecule has 4 nitrogen and oxygen atoms in total. The summed E-state index contributed by atoms with van der Waals surface area (Å²) >= 11 is 1.31. The molecule has 1 aromatic rings. The van der Waals surface area contributed by atoms with Crippen LogP contribution in [0, 0.1) is 0 Å². The first kappa shape index (κ1) is 11.7. The molecule has 1 aromatic heterocycles. The van der Waals surface area contributed by atoms with Gasteiger partial charge in [-0.2, -0.15) is 0 Å². The SMILES string of the molecule is CCC(C)NC(=O)NC(=O)c1cccs1. The van der Waals surface area contributed by atoms with Gasteiger partial charge < -0.3 is 5.32 Å². The predicted molar refractivity (Wildman–Crippen MR) is 60.1 cm³/mol. The van der Waals surface area contributed by atoms with Crippen molar-refractivity contribution in [3.8, 4) is 0 Å². The van der Waals surface area contributed by atoms with E-state index < -0.39 is 6.03 Å². The molecule has 0 aliphatic heterocycles. The number of carbonyl (C=O) groups excluding carboxylic acids is 2. The maximum Gasteiger partial charge on any atom is 0.321 e. The number of urea groups is 1. The molecule has 0 aliphatic rings. The van der Waals surface area contributed by atoms with E-state index in [2.05, 4.69) is 10.6 Å². The van der Waals surface area contributed by atoms with Gasteiger partial charge in [0.1, 0.15) is 0 Å².